The van der Waals surface area contributed by atoms with Crippen molar-refractivity contribution in [2.75, 3.05) is 19.8 Å². The molecular weight excluding hydrogens is 258 g/mol. The number of ether oxygens (including phenoxy) is 1. The Bertz CT molecular complexity index is 428. The first-order chi connectivity index (χ1) is 9.13. The van der Waals surface area contributed by atoms with E-state index in [1.807, 2.05) is 0 Å². The summed E-state index contributed by atoms with van der Waals surface area (Å²) in [6, 6.07) is 0.755. The molecule has 0 atom stereocenters. The summed E-state index contributed by atoms with van der Waals surface area (Å²) < 4.78 is 5.56. The van der Waals surface area contributed by atoms with E-state index < -0.39 is 0 Å². The van der Waals surface area contributed by atoms with Crippen molar-refractivity contribution in [3.63, 3.8) is 0 Å². The van der Waals surface area contributed by atoms with Crippen molar-refractivity contribution >= 4 is 11.3 Å². The average molecular weight is 281 g/mol. The van der Waals surface area contributed by atoms with E-state index in [0.29, 0.717) is 0 Å². The van der Waals surface area contributed by atoms with Crippen LogP contribution in [0.3, 0.4) is 0 Å². The Morgan fingerprint density at radius 2 is 2.37 bits per heavy atom. The normalized spacial score (nSPS) is 23.7. The summed E-state index contributed by atoms with van der Waals surface area (Å²) in [5, 5.41) is 6.94. The van der Waals surface area contributed by atoms with E-state index in [0.717, 1.165) is 38.9 Å². The molecule has 1 aromatic rings. The van der Waals surface area contributed by atoms with E-state index in [-0.39, 0.29) is 5.54 Å². The first kappa shape index (κ1) is 13.5. The van der Waals surface area contributed by atoms with Crippen molar-refractivity contribution in [2.45, 2.75) is 51.4 Å². The topological polar surface area (TPSA) is 37.4 Å². The predicted octanol–water partition coefficient (Wildman–Crippen LogP) is 2.01. The van der Waals surface area contributed by atoms with Crippen LogP contribution in [0.4, 0.5) is 0 Å². The lowest BCUT2D eigenvalue weighted by atomic mass is 10.0. The molecule has 5 heteroatoms. The third-order valence-corrected chi connectivity index (χ3v) is 4.79. The van der Waals surface area contributed by atoms with E-state index in [2.05, 4.69) is 29.4 Å². The molecule has 1 aliphatic heterocycles. The molecule has 1 aromatic heterocycles. The summed E-state index contributed by atoms with van der Waals surface area (Å²) in [7, 11) is 0. The largest absolute Gasteiger partial charge is 0.378 e. The van der Waals surface area contributed by atoms with Crippen LogP contribution in [-0.2, 0) is 17.8 Å². The summed E-state index contributed by atoms with van der Waals surface area (Å²) in [6.07, 6.45) is 2.67. The highest BCUT2D eigenvalue weighted by molar-refractivity contribution is 7.09. The molecule has 0 radical (unpaired) electrons. The van der Waals surface area contributed by atoms with E-state index >= 15 is 0 Å². The van der Waals surface area contributed by atoms with Gasteiger partial charge in [-0.25, -0.2) is 4.98 Å². The van der Waals surface area contributed by atoms with Gasteiger partial charge in [-0.2, -0.15) is 0 Å². The van der Waals surface area contributed by atoms with Gasteiger partial charge in [0.25, 0.3) is 0 Å². The van der Waals surface area contributed by atoms with E-state index in [1.165, 1.54) is 23.5 Å². The van der Waals surface area contributed by atoms with Gasteiger partial charge in [0.15, 0.2) is 0 Å². The number of morpholine rings is 1. The number of nitrogens with zero attached hydrogens (tertiary/aromatic N) is 2. The zero-order valence-electron chi connectivity index (χ0n) is 11.8. The Kier molecular flexibility index (Phi) is 3.89. The molecular formula is C14H23N3OS. The molecule has 2 heterocycles. The van der Waals surface area contributed by atoms with Crippen molar-refractivity contribution in [3.05, 3.63) is 16.1 Å². The van der Waals surface area contributed by atoms with Crippen LogP contribution in [0.2, 0.25) is 0 Å². The monoisotopic (exact) mass is 281 g/mol. The molecule has 1 saturated carbocycles. The molecule has 106 valence electrons. The van der Waals surface area contributed by atoms with Crippen molar-refractivity contribution in [2.24, 2.45) is 0 Å². The minimum Gasteiger partial charge on any atom is -0.378 e. The number of thiazole rings is 1. The molecule has 1 saturated heterocycles. The number of nitrogens with one attached hydrogen (secondary N) is 1. The lowest BCUT2D eigenvalue weighted by Gasteiger charge is -2.41. The predicted molar refractivity (Wildman–Crippen MR) is 77.3 cm³/mol. The third kappa shape index (κ3) is 3.54. The van der Waals surface area contributed by atoms with Gasteiger partial charge in [0.1, 0.15) is 5.01 Å². The Hall–Kier alpha value is -0.490. The van der Waals surface area contributed by atoms with E-state index in [1.54, 1.807) is 11.3 Å². The minimum atomic E-state index is 0.119. The summed E-state index contributed by atoms with van der Waals surface area (Å²) in [5.41, 5.74) is 1.32. The number of rotatable bonds is 5. The Labute approximate surface area is 119 Å². The standard InChI is InChI=1S/C14H23N3OS/c1-14(2)10-18-6-5-17(14)8-12-9-19-13(16-12)7-15-11-3-4-11/h9,11,15H,3-8,10H2,1-2H3. The van der Waals surface area contributed by atoms with Crippen LogP contribution >= 0.6 is 11.3 Å². The lowest BCUT2D eigenvalue weighted by Crippen LogP contribution is -2.52. The van der Waals surface area contributed by atoms with Gasteiger partial charge < -0.3 is 10.1 Å². The van der Waals surface area contributed by atoms with Crippen LogP contribution in [0.1, 0.15) is 37.4 Å². The maximum Gasteiger partial charge on any atom is 0.107 e. The molecule has 3 rings (SSSR count). The summed E-state index contributed by atoms with van der Waals surface area (Å²) in [6.45, 7) is 9.01. The highest BCUT2D eigenvalue weighted by Crippen LogP contribution is 2.23. The summed E-state index contributed by atoms with van der Waals surface area (Å²) in [5.74, 6) is 0. The number of hydrogen-bond acceptors (Lipinski definition) is 5. The van der Waals surface area contributed by atoms with Crippen molar-refractivity contribution in [1.29, 1.82) is 0 Å². The molecule has 4 nitrogen and oxygen atoms in total. The van der Waals surface area contributed by atoms with E-state index in [9.17, 15) is 0 Å². The van der Waals surface area contributed by atoms with Gasteiger partial charge >= 0.3 is 0 Å². The molecule has 0 aromatic carbocycles. The second-order valence-corrected chi connectivity index (χ2v) is 7.12. The fourth-order valence-electron chi connectivity index (χ4n) is 2.40. The van der Waals surface area contributed by atoms with Gasteiger partial charge in [-0.3, -0.25) is 4.90 Å². The van der Waals surface area contributed by atoms with Gasteiger partial charge in [0, 0.05) is 36.6 Å². The van der Waals surface area contributed by atoms with Gasteiger partial charge in [0.05, 0.1) is 18.9 Å². The average Bonchev–Trinajstić information content (AvgIpc) is 3.09. The Balaban J connectivity index is 1.56. The zero-order valence-corrected chi connectivity index (χ0v) is 12.6. The lowest BCUT2D eigenvalue weighted by molar-refractivity contribution is -0.0557. The van der Waals surface area contributed by atoms with Crippen LogP contribution in [0, 0.1) is 0 Å². The van der Waals surface area contributed by atoms with Crippen molar-refractivity contribution < 1.29 is 4.74 Å². The van der Waals surface area contributed by atoms with Crippen LogP contribution in [-0.4, -0.2) is 41.2 Å². The maximum atomic E-state index is 5.56. The van der Waals surface area contributed by atoms with Crippen molar-refractivity contribution in [1.82, 2.24) is 15.2 Å². The van der Waals surface area contributed by atoms with Gasteiger partial charge in [0.2, 0.25) is 0 Å². The molecule has 19 heavy (non-hydrogen) atoms. The first-order valence-corrected chi connectivity index (χ1v) is 8.01. The fourth-order valence-corrected chi connectivity index (χ4v) is 3.14. The van der Waals surface area contributed by atoms with Crippen LogP contribution < -0.4 is 5.32 Å². The SMILES string of the molecule is CC1(C)COCCN1Cc1csc(CNC2CC2)n1. The Morgan fingerprint density at radius 3 is 3.11 bits per heavy atom. The second kappa shape index (κ2) is 5.48. The van der Waals surface area contributed by atoms with Crippen LogP contribution in [0.15, 0.2) is 5.38 Å². The van der Waals surface area contributed by atoms with Crippen LogP contribution in [0.25, 0.3) is 0 Å². The smallest absolute Gasteiger partial charge is 0.107 e. The molecule has 2 aliphatic rings. The first-order valence-electron chi connectivity index (χ1n) is 7.13. The molecule has 0 spiro atoms. The highest BCUT2D eigenvalue weighted by atomic mass is 32.1. The number of hydrogen-bond donors (Lipinski definition) is 1. The molecule has 1 N–H and O–H groups in total. The van der Waals surface area contributed by atoms with Crippen LogP contribution in [0.5, 0.6) is 0 Å². The van der Waals surface area contributed by atoms with Crippen molar-refractivity contribution in [3.8, 4) is 0 Å². The molecule has 2 fully saturated rings. The third-order valence-electron chi connectivity index (χ3n) is 3.89. The molecule has 0 amide bonds. The second-order valence-electron chi connectivity index (χ2n) is 6.17. The van der Waals surface area contributed by atoms with E-state index in [4.69, 9.17) is 9.72 Å². The van der Waals surface area contributed by atoms with Gasteiger partial charge in [-0.05, 0) is 26.7 Å². The fraction of sp³-hybridized carbons (Fsp3) is 0.786. The number of aromatic nitrogens is 1. The van der Waals surface area contributed by atoms with Gasteiger partial charge in [-0.15, -0.1) is 11.3 Å². The highest BCUT2D eigenvalue weighted by Gasteiger charge is 2.30. The van der Waals surface area contributed by atoms with Gasteiger partial charge in [-0.1, -0.05) is 0 Å². The summed E-state index contributed by atoms with van der Waals surface area (Å²) >= 11 is 1.78. The summed E-state index contributed by atoms with van der Waals surface area (Å²) in [4.78, 5) is 7.22. The molecule has 0 bridgehead atoms. The maximum absolute atomic E-state index is 5.56. The quantitative estimate of drug-likeness (QED) is 0.896. The zero-order chi connectivity index (χ0) is 13.3. The molecule has 0 unspecified atom stereocenters. The Morgan fingerprint density at radius 1 is 1.53 bits per heavy atom. The molecule has 1 aliphatic carbocycles. The minimum absolute atomic E-state index is 0.119.